The van der Waals surface area contributed by atoms with Gasteiger partial charge in [0, 0.05) is 18.0 Å². The largest absolute Gasteiger partial charge is 0.496 e. The van der Waals surface area contributed by atoms with E-state index >= 15 is 0 Å². The molecule has 1 fully saturated rings. The average Bonchev–Trinajstić information content (AvgIpc) is 2.84. The van der Waals surface area contributed by atoms with Gasteiger partial charge in [-0.3, -0.25) is 4.79 Å². The number of carbonyl (C=O) groups excluding carboxylic acids is 1. The Morgan fingerprint density at radius 3 is 2.76 bits per heavy atom. The SMILES string of the molecule is COc1ccccc1C(C)NC(=O)C[C@@H]1CCC[C@H]1N.Cl. The van der Waals surface area contributed by atoms with Gasteiger partial charge < -0.3 is 15.8 Å². The maximum absolute atomic E-state index is 12.1. The van der Waals surface area contributed by atoms with Gasteiger partial charge in [0.15, 0.2) is 0 Å². The van der Waals surface area contributed by atoms with Crippen LogP contribution in [-0.4, -0.2) is 19.1 Å². The van der Waals surface area contributed by atoms with Gasteiger partial charge >= 0.3 is 0 Å². The molecular formula is C16H25ClN2O2. The number of halogens is 1. The monoisotopic (exact) mass is 312 g/mol. The number of methoxy groups -OCH3 is 1. The molecule has 1 unspecified atom stereocenters. The van der Waals surface area contributed by atoms with Gasteiger partial charge in [-0.2, -0.15) is 0 Å². The summed E-state index contributed by atoms with van der Waals surface area (Å²) in [7, 11) is 1.64. The molecule has 2 rings (SSSR count). The number of nitrogens with one attached hydrogen (secondary N) is 1. The first kappa shape index (κ1) is 17.8. The summed E-state index contributed by atoms with van der Waals surface area (Å²) in [5.74, 6) is 1.21. The van der Waals surface area contributed by atoms with Crippen LogP contribution in [0.1, 0.15) is 44.2 Å². The van der Waals surface area contributed by atoms with E-state index in [-0.39, 0.29) is 30.4 Å². The molecule has 1 aromatic carbocycles. The van der Waals surface area contributed by atoms with Crippen LogP contribution in [0.4, 0.5) is 0 Å². The summed E-state index contributed by atoms with van der Waals surface area (Å²) in [6.45, 7) is 1.98. The van der Waals surface area contributed by atoms with Gasteiger partial charge in [0.25, 0.3) is 0 Å². The number of benzene rings is 1. The molecule has 3 atom stereocenters. The summed E-state index contributed by atoms with van der Waals surface area (Å²) in [5.41, 5.74) is 7.01. The lowest BCUT2D eigenvalue weighted by atomic mass is 9.99. The number of para-hydroxylation sites is 1. The first-order valence-corrected chi connectivity index (χ1v) is 7.29. The second-order valence-electron chi connectivity index (χ2n) is 5.59. The fourth-order valence-electron chi connectivity index (χ4n) is 2.96. The van der Waals surface area contributed by atoms with Gasteiger partial charge in [-0.15, -0.1) is 12.4 Å². The maximum Gasteiger partial charge on any atom is 0.220 e. The maximum atomic E-state index is 12.1. The van der Waals surface area contributed by atoms with Crippen molar-refractivity contribution < 1.29 is 9.53 Å². The predicted molar refractivity (Wildman–Crippen MR) is 86.7 cm³/mol. The normalized spacial score (nSPS) is 22.2. The highest BCUT2D eigenvalue weighted by Gasteiger charge is 2.26. The Morgan fingerprint density at radius 2 is 2.14 bits per heavy atom. The van der Waals surface area contributed by atoms with E-state index in [4.69, 9.17) is 10.5 Å². The molecule has 0 spiro atoms. The van der Waals surface area contributed by atoms with Crippen LogP contribution in [0.15, 0.2) is 24.3 Å². The Bertz CT molecular complexity index is 467. The van der Waals surface area contributed by atoms with Crippen molar-refractivity contribution in [3.05, 3.63) is 29.8 Å². The lowest BCUT2D eigenvalue weighted by Crippen LogP contribution is -2.33. The third-order valence-corrected chi connectivity index (χ3v) is 4.15. The van der Waals surface area contributed by atoms with Crippen LogP contribution in [0.5, 0.6) is 5.75 Å². The highest BCUT2D eigenvalue weighted by molar-refractivity contribution is 5.85. The molecular weight excluding hydrogens is 288 g/mol. The number of nitrogens with two attached hydrogens (primary N) is 1. The molecule has 1 aliphatic carbocycles. The van der Waals surface area contributed by atoms with E-state index in [1.54, 1.807) is 7.11 Å². The van der Waals surface area contributed by atoms with E-state index in [1.807, 2.05) is 31.2 Å². The standard InChI is InChI=1S/C16H24N2O2.ClH/c1-11(13-7-3-4-9-15(13)20-2)18-16(19)10-12-6-5-8-14(12)17;/h3-4,7,9,11-12,14H,5-6,8,10,17H2,1-2H3,(H,18,19);1H/t11?,12-,14+;/m0./s1. The van der Waals surface area contributed by atoms with Crippen LogP contribution in [0.2, 0.25) is 0 Å². The summed E-state index contributed by atoms with van der Waals surface area (Å²) in [6.07, 6.45) is 3.78. The van der Waals surface area contributed by atoms with E-state index in [0.29, 0.717) is 12.3 Å². The number of carbonyl (C=O) groups is 1. The quantitative estimate of drug-likeness (QED) is 0.878. The van der Waals surface area contributed by atoms with Crippen molar-refractivity contribution in [3.63, 3.8) is 0 Å². The Kier molecular flexibility index (Phi) is 6.99. The van der Waals surface area contributed by atoms with Crippen molar-refractivity contribution in [2.45, 2.75) is 44.7 Å². The lowest BCUT2D eigenvalue weighted by molar-refractivity contribution is -0.122. The molecule has 0 bridgehead atoms. The summed E-state index contributed by atoms with van der Waals surface area (Å²) < 4.78 is 5.33. The molecule has 0 heterocycles. The van der Waals surface area contributed by atoms with Crippen LogP contribution in [-0.2, 0) is 4.79 Å². The Labute approximate surface area is 132 Å². The van der Waals surface area contributed by atoms with Crippen molar-refractivity contribution in [2.75, 3.05) is 7.11 Å². The molecule has 0 aromatic heterocycles. The van der Waals surface area contributed by atoms with Crippen molar-refractivity contribution in [2.24, 2.45) is 11.7 Å². The third-order valence-electron chi connectivity index (χ3n) is 4.15. The zero-order valence-electron chi connectivity index (χ0n) is 12.7. The number of hydrogen-bond acceptors (Lipinski definition) is 3. The number of ether oxygens (including phenoxy) is 1. The van der Waals surface area contributed by atoms with E-state index < -0.39 is 0 Å². The Balaban J connectivity index is 0.00000220. The Morgan fingerprint density at radius 1 is 1.43 bits per heavy atom. The Hall–Kier alpha value is -1.26. The van der Waals surface area contributed by atoms with Crippen LogP contribution in [0.3, 0.4) is 0 Å². The van der Waals surface area contributed by atoms with E-state index in [2.05, 4.69) is 5.32 Å². The minimum absolute atomic E-state index is 0. The van der Waals surface area contributed by atoms with Crippen molar-refractivity contribution in [3.8, 4) is 5.75 Å². The van der Waals surface area contributed by atoms with Gasteiger partial charge in [-0.05, 0) is 31.7 Å². The van der Waals surface area contributed by atoms with Gasteiger partial charge in [0.05, 0.1) is 13.2 Å². The number of rotatable bonds is 5. The molecule has 21 heavy (non-hydrogen) atoms. The minimum atomic E-state index is -0.0590. The van der Waals surface area contributed by atoms with Gasteiger partial charge in [0.1, 0.15) is 5.75 Å². The highest BCUT2D eigenvalue weighted by atomic mass is 35.5. The van der Waals surface area contributed by atoms with E-state index in [0.717, 1.165) is 30.6 Å². The van der Waals surface area contributed by atoms with Crippen molar-refractivity contribution >= 4 is 18.3 Å². The minimum Gasteiger partial charge on any atom is -0.496 e. The van der Waals surface area contributed by atoms with Crippen LogP contribution in [0.25, 0.3) is 0 Å². The molecule has 4 nitrogen and oxygen atoms in total. The zero-order chi connectivity index (χ0) is 14.5. The second kappa shape index (κ2) is 8.25. The average molecular weight is 313 g/mol. The fraction of sp³-hybridized carbons (Fsp3) is 0.562. The molecule has 1 amide bonds. The first-order chi connectivity index (χ1) is 9.61. The summed E-state index contributed by atoms with van der Waals surface area (Å²) in [4.78, 5) is 12.1. The molecule has 5 heteroatoms. The van der Waals surface area contributed by atoms with Gasteiger partial charge in [0.2, 0.25) is 5.91 Å². The number of amides is 1. The molecule has 3 N–H and O–H groups in total. The third kappa shape index (κ3) is 4.61. The predicted octanol–water partition coefficient (Wildman–Crippen LogP) is 2.81. The fourth-order valence-corrected chi connectivity index (χ4v) is 2.96. The summed E-state index contributed by atoms with van der Waals surface area (Å²) >= 11 is 0. The second-order valence-corrected chi connectivity index (χ2v) is 5.59. The lowest BCUT2D eigenvalue weighted by Gasteiger charge is -2.19. The number of hydrogen-bond donors (Lipinski definition) is 2. The van der Waals surface area contributed by atoms with Gasteiger partial charge in [-0.25, -0.2) is 0 Å². The van der Waals surface area contributed by atoms with Crippen molar-refractivity contribution in [1.82, 2.24) is 5.32 Å². The first-order valence-electron chi connectivity index (χ1n) is 7.29. The van der Waals surface area contributed by atoms with E-state index in [1.165, 1.54) is 0 Å². The van der Waals surface area contributed by atoms with E-state index in [9.17, 15) is 4.79 Å². The molecule has 1 aliphatic rings. The van der Waals surface area contributed by atoms with Crippen LogP contribution >= 0.6 is 12.4 Å². The van der Waals surface area contributed by atoms with Crippen LogP contribution in [0, 0.1) is 5.92 Å². The molecule has 118 valence electrons. The smallest absolute Gasteiger partial charge is 0.220 e. The van der Waals surface area contributed by atoms with Crippen molar-refractivity contribution in [1.29, 1.82) is 0 Å². The highest BCUT2D eigenvalue weighted by Crippen LogP contribution is 2.28. The molecule has 1 saturated carbocycles. The molecule has 0 aliphatic heterocycles. The van der Waals surface area contributed by atoms with Gasteiger partial charge in [-0.1, -0.05) is 24.6 Å². The molecule has 1 aromatic rings. The summed E-state index contributed by atoms with van der Waals surface area (Å²) in [5, 5.41) is 3.04. The molecule has 0 saturated heterocycles. The van der Waals surface area contributed by atoms with Crippen LogP contribution < -0.4 is 15.8 Å². The zero-order valence-corrected chi connectivity index (χ0v) is 13.5. The molecule has 0 radical (unpaired) electrons. The topological polar surface area (TPSA) is 64.3 Å². The summed E-state index contributed by atoms with van der Waals surface area (Å²) in [6, 6.07) is 7.89.